The lowest BCUT2D eigenvalue weighted by Crippen LogP contribution is -2.49. The number of aromatic nitrogens is 2. The highest BCUT2D eigenvalue weighted by Crippen LogP contribution is 2.22. The van der Waals surface area contributed by atoms with Crippen LogP contribution in [0.5, 0.6) is 0 Å². The number of anilines is 1. The summed E-state index contributed by atoms with van der Waals surface area (Å²) in [5.41, 5.74) is 0. The third-order valence-electron chi connectivity index (χ3n) is 4.37. The number of nitrogens with zero attached hydrogens (tertiary/aromatic N) is 4. The molecule has 1 aromatic heterocycles. The minimum Gasteiger partial charge on any atom is -0.338 e. The van der Waals surface area contributed by atoms with Crippen LogP contribution in [0.3, 0.4) is 0 Å². The van der Waals surface area contributed by atoms with E-state index >= 15 is 0 Å². The lowest BCUT2D eigenvalue weighted by molar-refractivity contribution is -0.125. The zero-order chi connectivity index (χ0) is 13.8. The second-order valence-electron chi connectivity index (χ2n) is 5.75. The molecule has 0 radical (unpaired) electrons. The quantitative estimate of drug-likeness (QED) is 0.833. The first-order chi connectivity index (χ1) is 9.83. The van der Waals surface area contributed by atoms with Crippen LogP contribution in [0.25, 0.3) is 0 Å². The zero-order valence-electron chi connectivity index (χ0n) is 11.9. The molecule has 20 heavy (non-hydrogen) atoms. The first-order valence-electron chi connectivity index (χ1n) is 7.60. The van der Waals surface area contributed by atoms with E-state index in [-0.39, 0.29) is 5.92 Å². The van der Waals surface area contributed by atoms with Crippen molar-refractivity contribution in [3.8, 4) is 0 Å². The Morgan fingerprint density at radius 3 is 2.55 bits per heavy atom. The van der Waals surface area contributed by atoms with E-state index in [2.05, 4.69) is 19.8 Å². The van der Waals surface area contributed by atoms with Crippen molar-refractivity contribution in [2.75, 3.05) is 37.6 Å². The summed E-state index contributed by atoms with van der Waals surface area (Å²) in [6.07, 6.45) is 7.76. The summed E-state index contributed by atoms with van der Waals surface area (Å²) in [4.78, 5) is 25.1. The Bertz CT molecular complexity index is 442. The molecule has 1 saturated heterocycles. The van der Waals surface area contributed by atoms with Crippen molar-refractivity contribution in [3.63, 3.8) is 0 Å². The maximum atomic E-state index is 11.9. The lowest BCUT2D eigenvalue weighted by atomic mass is 9.87. The van der Waals surface area contributed by atoms with Gasteiger partial charge in [0, 0.05) is 57.5 Å². The van der Waals surface area contributed by atoms with Crippen LogP contribution in [0, 0.1) is 5.92 Å². The number of ketones is 1. The molecule has 108 valence electrons. The maximum absolute atomic E-state index is 11.9. The average molecular weight is 274 g/mol. The van der Waals surface area contributed by atoms with E-state index < -0.39 is 0 Å². The molecule has 5 heteroatoms. The van der Waals surface area contributed by atoms with Gasteiger partial charge in [-0.3, -0.25) is 9.69 Å². The Labute approximate surface area is 120 Å². The van der Waals surface area contributed by atoms with Gasteiger partial charge in [-0.1, -0.05) is 6.42 Å². The first kappa shape index (κ1) is 13.5. The van der Waals surface area contributed by atoms with Gasteiger partial charge in [0.1, 0.15) is 5.78 Å². The van der Waals surface area contributed by atoms with Crippen molar-refractivity contribution < 1.29 is 4.79 Å². The van der Waals surface area contributed by atoms with Gasteiger partial charge in [-0.05, 0) is 18.9 Å². The molecule has 2 heterocycles. The van der Waals surface area contributed by atoms with Gasteiger partial charge in [0.25, 0.3) is 0 Å². The first-order valence-corrected chi connectivity index (χ1v) is 7.60. The van der Waals surface area contributed by atoms with E-state index in [4.69, 9.17) is 0 Å². The van der Waals surface area contributed by atoms with Gasteiger partial charge in [-0.25, -0.2) is 9.97 Å². The van der Waals surface area contributed by atoms with Crippen LogP contribution in [0.15, 0.2) is 18.5 Å². The van der Waals surface area contributed by atoms with Crippen LogP contribution in [-0.4, -0.2) is 53.4 Å². The number of hydrogen-bond donors (Lipinski definition) is 0. The fourth-order valence-corrected chi connectivity index (χ4v) is 3.14. The monoisotopic (exact) mass is 274 g/mol. The van der Waals surface area contributed by atoms with Crippen molar-refractivity contribution in [2.24, 2.45) is 5.92 Å². The summed E-state index contributed by atoms with van der Waals surface area (Å²) in [5.74, 6) is 1.58. The highest BCUT2D eigenvalue weighted by Gasteiger charge is 2.26. The Balaban J connectivity index is 1.50. The molecule has 0 N–H and O–H groups in total. The standard InChI is InChI=1S/C15H22N4O/c20-14-5-2-1-4-13(14)12-18-8-10-19(11-9-18)15-16-6-3-7-17-15/h3,6-7,13H,1-2,4-5,8-12H2. The zero-order valence-corrected chi connectivity index (χ0v) is 11.9. The van der Waals surface area contributed by atoms with Crippen LogP contribution in [-0.2, 0) is 4.79 Å². The minimum absolute atomic E-state index is 0.281. The van der Waals surface area contributed by atoms with Gasteiger partial charge < -0.3 is 4.90 Å². The second-order valence-corrected chi connectivity index (χ2v) is 5.75. The Morgan fingerprint density at radius 2 is 1.85 bits per heavy atom. The number of piperazine rings is 1. The van der Waals surface area contributed by atoms with E-state index in [1.165, 1.54) is 6.42 Å². The minimum atomic E-state index is 0.281. The molecule has 0 spiro atoms. The Morgan fingerprint density at radius 1 is 1.10 bits per heavy atom. The predicted molar refractivity (Wildman–Crippen MR) is 77.7 cm³/mol. The van der Waals surface area contributed by atoms with Crippen LogP contribution in [0.2, 0.25) is 0 Å². The van der Waals surface area contributed by atoms with Gasteiger partial charge in [-0.2, -0.15) is 0 Å². The van der Waals surface area contributed by atoms with Crippen molar-refractivity contribution in [1.82, 2.24) is 14.9 Å². The van der Waals surface area contributed by atoms with Gasteiger partial charge in [0.2, 0.25) is 5.95 Å². The van der Waals surface area contributed by atoms with Crippen molar-refractivity contribution in [2.45, 2.75) is 25.7 Å². The largest absolute Gasteiger partial charge is 0.338 e. The highest BCUT2D eigenvalue weighted by molar-refractivity contribution is 5.81. The molecule has 0 aromatic carbocycles. The summed E-state index contributed by atoms with van der Waals surface area (Å²) in [7, 11) is 0. The number of hydrogen-bond acceptors (Lipinski definition) is 5. The van der Waals surface area contributed by atoms with Crippen LogP contribution in [0.4, 0.5) is 5.95 Å². The van der Waals surface area contributed by atoms with E-state index in [0.29, 0.717) is 5.78 Å². The lowest BCUT2D eigenvalue weighted by Gasteiger charge is -2.36. The topological polar surface area (TPSA) is 49.3 Å². The molecule has 0 amide bonds. The number of rotatable bonds is 3. The second kappa shape index (κ2) is 6.31. The van der Waals surface area contributed by atoms with Crippen molar-refractivity contribution in [1.29, 1.82) is 0 Å². The number of carbonyl (C=O) groups is 1. The molecule has 1 unspecified atom stereocenters. The smallest absolute Gasteiger partial charge is 0.225 e. The third kappa shape index (κ3) is 3.15. The van der Waals surface area contributed by atoms with Gasteiger partial charge >= 0.3 is 0 Å². The van der Waals surface area contributed by atoms with E-state index in [0.717, 1.165) is 57.9 Å². The SMILES string of the molecule is O=C1CCCCC1CN1CCN(c2ncccn2)CC1. The molecular weight excluding hydrogens is 252 g/mol. The summed E-state index contributed by atoms with van der Waals surface area (Å²) < 4.78 is 0. The normalized spacial score (nSPS) is 24.9. The number of carbonyl (C=O) groups excluding carboxylic acids is 1. The van der Waals surface area contributed by atoms with E-state index in [1.54, 1.807) is 12.4 Å². The highest BCUT2D eigenvalue weighted by atomic mass is 16.1. The molecule has 1 aliphatic heterocycles. The fourth-order valence-electron chi connectivity index (χ4n) is 3.14. The van der Waals surface area contributed by atoms with Crippen molar-refractivity contribution >= 4 is 11.7 Å². The molecule has 5 nitrogen and oxygen atoms in total. The molecule has 3 rings (SSSR count). The van der Waals surface area contributed by atoms with Gasteiger partial charge in [-0.15, -0.1) is 0 Å². The molecule has 1 atom stereocenters. The van der Waals surface area contributed by atoms with E-state index in [9.17, 15) is 4.79 Å². The maximum Gasteiger partial charge on any atom is 0.225 e. The Hall–Kier alpha value is -1.49. The predicted octanol–water partition coefficient (Wildman–Crippen LogP) is 1.36. The van der Waals surface area contributed by atoms with E-state index in [1.807, 2.05) is 6.07 Å². The van der Waals surface area contributed by atoms with Crippen LogP contribution >= 0.6 is 0 Å². The van der Waals surface area contributed by atoms with Gasteiger partial charge in [0.05, 0.1) is 0 Å². The molecule has 2 fully saturated rings. The summed E-state index contributed by atoms with van der Waals surface area (Å²) in [6, 6.07) is 1.84. The number of Topliss-reactive ketones (excluding diaryl/α,β-unsaturated/α-hetero) is 1. The fraction of sp³-hybridized carbons (Fsp3) is 0.667. The van der Waals surface area contributed by atoms with Gasteiger partial charge in [0.15, 0.2) is 0 Å². The van der Waals surface area contributed by atoms with Crippen LogP contribution in [0.1, 0.15) is 25.7 Å². The molecule has 1 saturated carbocycles. The molecule has 0 bridgehead atoms. The summed E-state index contributed by atoms with van der Waals surface area (Å²) >= 11 is 0. The molecule has 1 aromatic rings. The Kier molecular flexibility index (Phi) is 4.25. The third-order valence-corrected chi connectivity index (χ3v) is 4.37. The molecule has 2 aliphatic rings. The average Bonchev–Trinajstić information content (AvgIpc) is 2.51. The molecule has 1 aliphatic carbocycles. The summed E-state index contributed by atoms with van der Waals surface area (Å²) in [5, 5.41) is 0. The summed E-state index contributed by atoms with van der Waals surface area (Å²) in [6.45, 7) is 4.85. The molecular formula is C15H22N4O. The van der Waals surface area contributed by atoms with Crippen LogP contribution < -0.4 is 4.90 Å². The van der Waals surface area contributed by atoms with Crippen molar-refractivity contribution in [3.05, 3.63) is 18.5 Å².